The molecule has 4 nitrogen and oxygen atoms in total. The Bertz CT molecular complexity index is 673. The SMILES string of the molecule is O=C(NCc1ccco1)c1ccc(-c2ccsc2)nc1. The lowest BCUT2D eigenvalue weighted by Gasteiger charge is -2.04. The molecule has 0 atom stereocenters. The molecule has 100 valence electrons. The maximum atomic E-state index is 11.9. The fourth-order valence-electron chi connectivity index (χ4n) is 1.79. The lowest BCUT2D eigenvalue weighted by molar-refractivity contribution is 0.0947. The summed E-state index contributed by atoms with van der Waals surface area (Å²) in [5, 5.41) is 6.81. The van der Waals surface area contributed by atoms with E-state index in [0.29, 0.717) is 12.1 Å². The molecule has 1 amide bonds. The normalized spacial score (nSPS) is 10.4. The molecule has 0 spiro atoms. The molecule has 0 saturated heterocycles. The van der Waals surface area contributed by atoms with Gasteiger partial charge in [-0.3, -0.25) is 9.78 Å². The highest BCUT2D eigenvalue weighted by Crippen LogP contribution is 2.19. The van der Waals surface area contributed by atoms with E-state index < -0.39 is 0 Å². The number of nitrogens with zero attached hydrogens (tertiary/aromatic N) is 1. The van der Waals surface area contributed by atoms with E-state index in [1.807, 2.05) is 29.0 Å². The average molecular weight is 284 g/mol. The average Bonchev–Trinajstić information content (AvgIpc) is 3.18. The molecule has 0 bridgehead atoms. The Balaban J connectivity index is 1.66. The van der Waals surface area contributed by atoms with Crippen molar-refractivity contribution >= 4 is 17.2 Å². The van der Waals surface area contributed by atoms with Gasteiger partial charge in [-0.25, -0.2) is 0 Å². The third-order valence-electron chi connectivity index (χ3n) is 2.85. The minimum Gasteiger partial charge on any atom is -0.467 e. The van der Waals surface area contributed by atoms with Gasteiger partial charge in [0.25, 0.3) is 5.91 Å². The number of hydrogen-bond donors (Lipinski definition) is 1. The standard InChI is InChI=1S/C15H12N2O2S/c18-15(17-9-13-2-1-6-19-13)11-3-4-14(16-8-11)12-5-7-20-10-12/h1-8,10H,9H2,(H,17,18). The van der Waals surface area contributed by atoms with Crippen LogP contribution in [0.25, 0.3) is 11.3 Å². The highest BCUT2D eigenvalue weighted by Gasteiger charge is 2.07. The molecule has 3 heterocycles. The van der Waals surface area contributed by atoms with Crippen LogP contribution in [0.2, 0.25) is 0 Å². The molecule has 5 heteroatoms. The Kier molecular flexibility index (Phi) is 3.60. The van der Waals surface area contributed by atoms with Crippen molar-refractivity contribution in [3.05, 3.63) is 64.9 Å². The number of carbonyl (C=O) groups is 1. The Labute approximate surface area is 120 Å². The van der Waals surface area contributed by atoms with Gasteiger partial charge < -0.3 is 9.73 Å². The first-order chi connectivity index (χ1) is 9.83. The number of hydrogen-bond acceptors (Lipinski definition) is 4. The van der Waals surface area contributed by atoms with Crippen LogP contribution in [-0.4, -0.2) is 10.9 Å². The first-order valence-corrected chi connectivity index (χ1v) is 7.06. The molecule has 3 rings (SSSR count). The molecule has 20 heavy (non-hydrogen) atoms. The van der Waals surface area contributed by atoms with Crippen LogP contribution in [0.4, 0.5) is 0 Å². The van der Waals surface area contributed by atoms with E-state index >= 15 is 0 Å². The summed E-state index contributed by atoms with van der Waals surface area (Å²) in [6, 6.07) is 9.24. The molecule has 1 N–H and O–H groups in total. The van der Waals surface area contributed by atoms with Crippen LogP contribution in [0.3, 0.4) is 0 Å². The maximum absolute atomic E-state index is 11.9. The largest absolute Gasteiger partial charge is 0.467 e. The third kappa shape index (κ3) is 2.78. The number of rotatable bonds is 4. The number of nitrogens with one attached hydrogen (secondary N) is 1. The topological polar surface area (TPSA) is 55.1 Å². The summed E-state index contributed by atoms with van der Waals surface area (Å²) < 4.78 is 5.16. The summed E-state index contributed by atoms with van der Waals surface area (Å²) in [5.41, 5.74) is 2.47. The summed E-state index contributed by atoms with van der Waals surface area (Å²) >= 11 is 1.62. The number of pyridine rings is 1. The summed E-state index contributed by atoms with van der Waals surface area (Å²) in [7, 11) is 0. The van der Waals surface area contributed by atoms with Gasteiger partial charge in [0.05, 0.1) is 24.1 Å². The van der Waals surface area contributed by atoms with Crippen LogP contribution in [0.5, 0.6) is 0 Å². The van der Waals surface area contributed by atoms with Crippen LogP contribution in [-0.2, 0) is 6.54 Å². The minimum atomic E-state index is -0.161. The van der Waals surface area contributed by atoms with Gasteiger partial charge in [0, 0.05) is 17.1 Å². The Morgan fingerprint density at radius 2 is 2.25 bits per heavy atom. The fourth-order valence-corrected chi connectivity index (χ4v) is 2.44. The van der Waals surface area contributed by atoms with E-state index in [1.165, 1.54) is 0 Å². The highest BCUT2D eigenvalue weighted by atomic mass is 32.1. The highest BCUT2D eigenvalue weighted by molar-refractivity contribution is 7.08. The molecule has 3 aromatic heterocycles. The van der Waals surface area contributed by atoms with Crippen LogP contribution in [0, 0.1) is 0 Å². The van der Waals surface area contributed by atoms with Crippen LogP contribution >= 0.6 is 11.3 Å². The van der Waals surface area contributed by atoms with Gasteiger partial charge in [-0.2, -0.15) is 11.3 Å². The summed E-state index contributed by atoms with van der Waals surface area (Å²) in [5.74, 6) is 0.562. The van der Waals surface area contributed by atoms with Crippen molar-refractivity contribution < 1.29 is 9.21 Å². The van der Waals surface area contributed by atoms with Gasteiger partial charge in [0.2, 0.25) is 0 Å². The van der Waals surface area contributed by atoms with Crippen LogP contribution in [0.1, 0.15) is 16.1 Å². The molecule has 0 aliphatic rings. The first kappa shape index (κ1) is 12.6. The van der Waals surface area contributed by atoms with Crippen LogP contribution in [0.15, 0.2) is 58.0 Å². The van der Waals surface area contributed by atoms with Crippen molar-refractivity contribution in [2.24, 2.45) is 0 Å². The van der Waals surface area contributed by atoms with E-state index in [0.717, 1.165) is 17.0 Å². The van der Waals surface area contributed by atoms with Gasteiger partial charge in [-0.1, -0.05) is 0 Å². The second-order valence-electron chi connectivity index (χ2n) is 4.21. The lowest BCUT2D eigenvalue weighted by atomic mass is 10.2. The van der Waals surface area contributed by atoms with Gasteiger partial charge in [0.15, 0.2) is 0 Å². The Hall–Kier alpha value is -2.40. The Morgan fingerprint density at radius 1 is 1.30 bits per heavy atom. The number of thiophene rings is 1. The Morgan fingerprint density at radius 3 is 2.90 bits per heavy atom. The van der Waals surface area contributed by atoms with E-state index in [9.17, 15) is 4.79 Å². The van der Waals surface area contributed by atoms with Gasteiger partial charge in [0.1, 0.15) is 5.76 Å². The van der Waals surface area contributed by atoms with E-state index in [4.69, 9.17) is 4.42 Å². The molecule has 0 saturated carbocycles. The van der Waals surface area contributed by atoms with Crippen molar-refractivity contribution in [2.75, 3.05) is 0 Å². The van der Waals surface area contributed by atoms with E-state index in [-0.39, 0.29) is 5.91 Å². The molecular formula is C15H12N2O2S. The van der Waals surface area contributed by atoms with Crippen molar-refractivity contribution in [1.29, 1.82) is 0 Å². The molecule has 0 unspecified atom stereocenters. The zero-order valence-corrected chi connectivity index (χ0v) is 11.4. The number of carbonyl (C=O) groups excluding carboxylic acids is 1. The smallest absolute Gasteiger partial charge is 0.253 e. The summed E-state index contributed by atoms with van der Waals surface area (Å²) in [6.45, 7) is 0.373. The van der Waals surface area contributed by atoms with Crippen molar-refractivity contribution in [3.8, 4) is 11.3 Å². The van der Waals surface area contributed by atoms with E-state index in [1.54, 1.807) is 35.9 Å². The second kappa shape index (κ2) is 5.71. The quantitative estimate of drug-likeness (QED) is 0.799. The molecule has 0 fully saturated rings. The van der Waals surface area contributed by atoms with Crippen molar-refractivity contribution in [1.82, 2.24) is 10.3 Å². The molecule has 0 aromatic carbocycles. The predicted molar refractivity (Wildman–Crippen MR) is 77.4 cm³/mol. The molecule has 0 aliphatic heterocycles. The number of amides is 1. The zero-order chi connectivity index (χ0) is 13.8. The monoisotopic (exact) mass is 284 g/mol. The van der Waals surface area contributed by atoms with Gasteiger partial charge in [-0.15, -0.1) is 0 Å². The van der Waals surface area contributed by atoms with Crippen LogP contribution < -0.4 is 5.32 Å². The number of aromatic nitrogens is 1. The maximum Gasteiger partial charge on any atom is 0.253 e. The summed E-state index contributed by atoms with van der Waals surface area (Å²) in [4.78, 5) is 16.3. The molecule has 3 aromatic rings. The van der Waals surface area contributed by atoms with Gasteiger partial charge in [-0.05, 0) is 35.7 Å². The fraction of sp³-hybridized carbons (Fsp3) is 0.0667. The van der Waals surface area contributed by atoms with E-state index in [2.05, 4.69) is 10.3 Å². The predicted octanol–water partition coefficient (Wildman–Crippen LogP) is 3.33. The summed E-state index contributed by atoms with van der Waals surface area (Å²) in [6.07, 6.45) is 3.17. The lowest BCUT2D eigenvalue weighted by Crippen LogP contribution is -2.22. The molecular weight excluding hydrogens is 272 g/mol. The van der Waals surface area contributed by atoms with Crippen molar-refractivity contribution in [3.63, 3.8) is 0 Å². The molecule has 0 aliphatic carbocycles. The zero-order valence-electron chi connectivity index (χ0n) is 10.6. The minimum absolute atomic E-state index is 0.161. The van der Waals surface area contributed by atoms with Gasteiger partial charge >= 0.3 is 0 Å². The first-order valence-electron chi connectivity index (χ1n) is 6.12. The second-order valence-corrected chi connectivity index (χ2v) is 4.99. The third-order valence-corrected chi connectivity index (χ3v) is 3.53. The molecule has 0 radical (unpaired) electrons. The van der Waals surface area contributed by atoms with Crippen molar-refractivity contribution in [2.45, 2.75) is 6.54 Å². The number of furan rings is 1.